The van der Waals surface area contributed by atoms with E-state index in [1.807, 2.05) is 6.07 Å². The Kier molecular flexibility index (Phi) is 4.22. The van der Waals surface area contributed by atoms with Crippen LogP contribution in [0.4, 0.5) is 0 Å². The van der Waals surface area contributed by atoms with Gasteiger partial charge in [0.15, 0.2) is 4.47 Å². The molecule has 0 atom stereocenters. The number of ether oxygens (including phenoxy) is 1. The summed E-state index contributed by atoms with van der Waals surface area (Å²) >= 11 is 12.9. The fraction of sp³-hybridized carbons (Fsp3) is 0.167. The Morgan fingerprint density at radius 2 is 2.22 bits per heavy atom. The number of esters is 1. The molecule has 0 spiro atoms. The number of thiazole rings is 1. The van der Waals surface area contributed by atoms with Gasteiger partial charge in [0.2, 0.25) is 0 Å². The SMILES string of the molecule is CCOC(=O)c1sc(Cl)nc1-c1cccc(Cl)c1. The van der Waals surface area contributed by atoms with E-state index in [-0.39, 0.29) is 0 Å². The van der Waals surface area contributed by atoms with Crippen LogP contribution in [0.15, 0.2) is 24.3 Å². The zero-order valence-corrected chi connectivity index (χ0v) is 11.8. The molecule has 0 N–H and O–H groups in total. The maximum absolute atomic E-state index is 11.8. The summed E-state index contributed by atoms with van der Waals surface area (Å²) < 4.78 is 5.27. The largest absolute Gasteiger partial charge is 0.462 e. The van der Waals surface area contributed by atoms with Gasteiger partial charge in [-0.25, -0.2) is 9.78 Å². The lowest BCUT2D eigenvalue weighted by molar-refractivity contribution is 0.0532. The normalized spacial score (nSPS) is 10.4. The highest BCUT2D eigenvalue weighted by atomic mass is 35.5. The second-order valence-electron chi connectivity index (χ2n) is 3.38. The number of hydrogen-bond donors (Lipinski definition) is 0. The van der Waals surface area contributed by atoms with E-state index in [9.17, 15) is 4.79 Å². The molecule has 0 bridgehead atoms. The van der Waals surface area contributed by atoms with E-state index >= 15 is 0 Å². The Morgan fingerprint density at radius 1 is 1.44 bits per heavy atom. The molecule has 0 aliphatic rings. The second kappa shape index (κ2) is 5.69. The van der Waals surface area contributed by atoms with E-state index in [0.29, 0.717) is 26.7 Å². The van der Waals surface area contributed by atoms with Gasteiger partial charge in [-0.1, -0.05) is 46.7 Å². The van der Waals surface area contributed by atoms with Crippen molar-refractivity contribution in [3.63, 3.8) is 0 Å². The van der Waals surface area contributed by atoms with Gasteiger partial charge in [0, 0.05) is 10.6 Å². The maximum Gasteiger partial charge on any atom is 0.350 e. The molecule has 0 saturated heterocycles. The topological polar surface area (TPSA) is 39.2 Å². The van der Waals surface area contributed by atoms with Crippen molar-refractivity contribution in [2.75, 3.05) is 6.61 Å². The van der Waals surface area contributed by atoms with Crippen molar-refractivity contribution < 1.29 is 9.53 Å². The predicted molar refractivity (Wildman–Crippen MR) is 73.5 cm³/mol. The summed E-state index contributed by atoms with van der Waals surface area (Å²) in [5.74, 6) is -0.420. The molecular weight excluding hydrogens is 293 g/mol. The lowest BCUT2D eigenvalue weighted by atomic mass is 10.1. The summed E-state index contributed by atoms with van der Waals surface area (Å²) in [6, 6.07) is 7.10. The van der Waals surface area contributed by atoms with Gasteiger partial charge in [0.25, 0.3) is 0 Å². The molecule has 0 amide bonds. The molecule has 2 aromatic rings. The lowest BCUT2D eigenvalue weighted by Crippen LogP contribution is -2.03. The Morgan fingerprint density at radius 3 is 2.89 bits per heavy atom. The summed E-state index contributed by atoms with van der Waals surface area (Å²) in [7, 11) is 0. The zero-order valence-electron chi connectivity index (χ0n) is 9.44. The molecule has 0 aliphatic carbocycles. The highest BCUT2D eigenvalue weighted by Gasteiger charge is 2.19. The third kappa shape index (κ3) is 2.83. The van der Waals surface area contributed by atoms with Crippen LogP contribution in [-0.2, 0) is 4.74 Å². The molecule has 0 unspecified atom stereocenters. The van der Waals surface area contributed by atoms with E-state index in [4.69, 9.17) is 27.9 Å². The van der Waals surface area contributed by atoms with Crippen molar-refractivity contribution in [3.8, 4) is 11.3 Å². The Labute approximate surface area is 118 Å². The number of hydrogen-bond acceptors (Lipinski definition) is 4. The average molecular weight is 302 g/mol. The average Bonchev–Trinajstić information content (AvgIpc) is 2.72. The fourth-order valence-electron chi connectivity index (χ4n) is 1.46. The molecule has 1 aromatic heterocycles. The van der Waals surface area contributed by atoms with Crippen molar-refractivity contribution >= 4 is 40.5 Å². The smallest absolute Gasteiger partial charge is 0.350 e. The Balaban J connectivity index is 2.47. The van der Waals surface area contributed by atoms with Crippen molar-refractivity contribution in [1.29, 1.82) is 0 Å². The first-order valence-corrected chi connectivity index (χ1v) is 6.78. The van der Waals surface area contributed by atoms with Gasteiger partial charge in [-0.2, -0.15) is 0 Å². The van der Waals surface area contributed by atoms with Gasteiger partial charge in [-0.3, -0.25) is 0 Å². The third-order valence-electron chi connectivity index (χ3n) is 2.16. The summed E-state index contributed by atoms with van der Waals surface area (Å²) in [6.45, 7) is 2.06. The van der Waals surface area contributed by atoms with Crippen LogP contribution in [0.3, 0.4) is 0 Å². The molecule has 1 aromatic carbocycles. The molecule has 18 heavy (non-hydrogen) atoms. The van der Waals surface area contributed by atoms with Gasteiger partial charge in [-0.15, -0.1) is 0 Å². The highest BCUT2D eigenvalue weighted by Crippen LogP contribution is 2.32. The molecule has 6 heteroatoms. The van der Waals surface area contributed by atoms with E-state index in [1.165, 1.54) is 0 Å². The van der Waals surface area contributed by atoms with E-state index in [0.717, 1.165) is 16.9 Å². The van der Waals surface area contributed by atoms with Crippen LogP contribution < -0.4 is 0 Å². The van der Waals surface area contributed by atoms with Crippen LogP contribution >= 0.6 is 34.5 Å². The van der Waals surface area contributed by atoms with Gasteiger partial charge in [0.1, 0.15) is 4.88 Å². The van der Waals surface area contributed by atoms with Crippen LogP contribution in [0.5, 0.6) is 0 Å². The highest BCUT2D eigenvalue weighted by molar-refractivity contribution is 7.17. The first-order valence-electron chi connectivity index (χ1n) is 5.21. The van der Waals surface area contributed by atoms with Gasteiger partial charge in [-0.05, 0) is 19.1 Å². The van der Waals surface area contributed by atoms with Crippen molar-refractivity contribution in [2.24, 2.45) is 0 Å². The summed E-state index contributed by atoms with van der Waals surface area (Å²) in [6.07, 6.45) is 0. The van der Waals surface area contributed by atoms with Crippen LogP contribution in [0, 0.1) is 0 Å². The van der Waals surface area contributed by atoms with Crippen LogP contribution in [-0.4, -0.2) is 17.6 Å². The molecule has 94 valence electrons. The Bertz CT molecular complexity index is 583. The monoisotopic (exact) mass is 301 g/mol. The molecule has 1 heterocycles. The summed E-state index contributed by atoms with van der Waals surface area (Å²) in [5, 5.41) is 0.575. The maximum atomic E-state index is 11.8. The second-order valence-corrected chi connectivity index (χ2v) is 5.39. The zero-order chi connectivity index (χ0) is 13.1. The molecule has 2 rings (SSSR count). The first kappa shape index (κ1) is 13.3. The van der Waals surface area contributed by atoms with Gasteiger partial charge < -0.3 is 4.74 Å². The standard InChI is InChI=1S/C12H9Cl2NO2S/c1-2-17-11(16)10-9(15-12(14)18-10)7-4-3-5-8(13)6-7/h3-6H,2H2,1H3. The van der Waals surface area contributed by atoms with Gasteiger partial charge >= 0.3 is 5.97 Å². The number of halogens is 2. The Hall–Kier alpha value is -1.10. The van der Waals surface area contributed by atoms with E-state index in [2.05, 4.69) is 4.98 Å². The molecule has 0 aliphatic heterocycles. The van der Waals surface area contributed by atoms with Crippen molar-refractivity contribution in [3.05, 3.63) is 38.6 Å². The molecule has 0 radical (unpaired) electrons. The quantitative estimate of drug-likeness (QED) is 0.794. The van der Waals surface area contributed by atoms with E-state index in [1.54, 1.807) is 25.1 Å². The minimum Gasteiger partial charge on any atom is -0.462 e. The minimum absolute atomic E-state index is 0.299. The van der Waals surface area contributed by atoms with Crippen LogP contribution in [0.2, 0.25) is 9.49 Å². The van der Waals surface area contributed by atoms with Crippen molar-refractivity contribution in [2.45, 2.75) is 6.92 Å². The first-order chi connectivity index (χ1) is 8.61. The fourth-order valence-corrected chi connectivity index (χ4v) is 2.67. The third-order valence-corrected chi connectivity index (χ3v) is 3.53. The summed E-state index contributed by atoms with van der Waals surface area (Å²) in [4.78, 5) is 16.3. The number of carbonyl (C=O) groups is 1. The molecule has 3 nitrogen and oxygen atoms in total. The van der Waals surface area contributed by atoms with Crippen LogP contribution in [0.1, 0.15) is 16.6 Å². The predicted octanol–water partition coefficient (Wildman–Crippen LogP) is 4.29. The number of carbonyl (C=O) groups excluding carboxylic acids is 1. The van der Waals surface area contributed by atoms with E-state index < -0.39 is 5.97 Å². The minimum atomic E-state index is -0.420. The van der Waals surface area contributed by atoms with Crippen molar-refractivity contribution in [1.82, 2.24) is 4.98 Å². The molecular formula is C12H9Cl2NO2S. The summed E-state index contributed by atoms with van der Waals surface area (Å²) in [5.41, 5.74) is 1.25. The molecule has 0 saturated carbocycles. The van der Waals surface area contributed by atoms with Crippen LogP contribution in [0.25, 0.3) is 11.3 Å². The number of nitrogens with zero attached hydrogens (tertiary/aromatic N) is 1. The lowest BCUT2D eigenvalue weighted by Gasteiger charge is -2.02. The van der Waals surface area contributed by atoms with Gasteiger partial charge in [0.05, 0.1) is 12.3 Å². The molecule has 0 fully saturated rings. The number of aromatic nitrogens is 1. The number of rotatable bonds is 3. The number of benzene rings is 1.